The first-order valence-corrected chi connectivity index (χ1v) is 6.50. The van der Waals surface area contributed by atoms with Crippen molar-refractivity contribution in [2.24, 2.45) is 0 Å². The van der Waals surface area contributed by atoms with E-state index in [-0.39, 0.29) is 6.09 Å². The molecule has 102 valence electrons. The summed E-state index contributed by atoms with van der Waals surface area (Å²) in [6, 6.07) is 0. The molecule has 1 amide bonds. The lowest BCUT2D eigenvalue weighted by molar-refractivity contribution is 0.0519. The van der Waals surface area contributed by atoms with Crippen molar-refractivity contribution in [1.29, 1.82) is 0 Å². The summed E-state index contributed by atoms with van der Waals surface area (Å²) in [5.41, 5.74) is -0.430. The van der Waals surface area contributed by atoms with Crippen LogP contribution in [0.5, 0.6) is 0 Å². The maximum Gasteiger partial charge on any atom is 0.407 e. The monoisotopic (exact) mass is 245 g/mol. The topological polar surface area (TPSA) is 47.6 Å². The fraction of sp³-hybridized carbons (Fsp3) is 0.923. The summed E-state index contributed by atoms with van der Waals surface area (Å²) in [7, 11) is 0. The molecule has 0 bridgehead atoms. The number of nitrogens with one attached hydrogen (secondary N) is 1. The maximum atomic E-state index is 11.3. The Bertz CT molecular complexity index is 199. The molecule has 0 aromatic heterocycles. The van der Waals surface area contributed by atoms with Gasteiger partial charge in [-0.05, 0) is 33.6 Å². The number of amides is 1. The molecule has 0 rings (SSSR count). The molecule has 0 aliphatic rings. The smallest absolute Gasteiger partial charge is 0.407 e. The highest BCUT2D eigenvalue weighted by molar-refractivity contribution is 5.67. The number of carbonyl (C=O) groups is 1. The van der Waals surface area contributed by atoms with Gasteiger partial charge in [-0.2, -0.15) is 0 Å². The van der Waals surface area contributed by atoms with Gasteiger partial charge in [-0.3, -0.25) is 0 Å². The lowest BCUT2D eigenvalue weighted by atomic mass is 10.2. The number of carbonyl (C=O) groups excluding carboxylic acids is 1. The second-order valence-corrected chi connectivity index (χ2v) is 5.10. The molecule has 0 aromatic carbocycles. The van der Waals surface area contributed by atoms with E-state index in [1.807, 2.05) is 20.8 Å². The number of rotatable bonds is 8. The normalized spacial score (nSPS) is 11.3. The summed E-state index contributed by atoms with van der Waals surface area (Å²) in [5, 5.41) is 2.70. The summed E-state index contributed by atoms with van der Waals surface area (Å²) in [6.07, 6.45) is 4.02. The van der Waals surface area contributed by atoms with E-state index in [9.17, 15) is 4.79 Å². The molecule has 0 spiro atoms. The lowest BCUT2D eigenvalue weighted by Crippen LogP contribution is -2.33. The predicted molar refractivity (Wildman–Crippen MR) is 69.2 cm³/mol. The second kappa shape index (κ2) is 9.28. The van der Waals surface area contributed by atoms with E-state index in [1.54, 1.807) is 0 Å². The molecular weight excluding hydrogens is 218 g/mol. The van der Waals surface area contributed by atoms with Gasteiger partial charge in [0.15, 0.2) is 0 Å². The largest absolute Gasteiger partial charge is 0.444 e. The molecule has 0 radical (unpaired) electrons. The van der Waals surface area contributed by atoms with Crippen LogP contribution in [0.4, 0.5) is 4.79 Å². The fourth-order valence-corrected chi connectivity index (χ4v) is 1.24. The molecule has 0 aromatic rings. The van der Waals surface area contributed by atoms with Gasteiger partial charge in [-0.25, -0.2) is 4.79 Å². The second-order valence-electron chi connectivity index (χ2n) is 5.10. The van der Waals surface area contributed by atoms with Crippen molar-refractivity contribution in [2.45, 2.75) is 59.0 Å². The molecule has 0 unspecified atom stereocenters. The molecule has 0 saturated carbocycles. The number of alkyl carbamates (subject to hydrolysis) is 1. The van der Waals surface area contributed by atoms with E-state index in [0.29, 0.717) is 13.2 Å². The third-order valence-corrected chi connectivity index (χ3v) is 2.03. The minimum absolute atomic E-state index is 0.358. The zero-order valence-corrected chi connectivity index (χ0v) is 11.7. The van der Waals surface area contributed by atoms with Crippen LogP contribution in [0, 0.1) is 0 Å². The van der Waals surface area contributed by atoms with Crippen LogP contribution < -0.4 is 5.32 Å². The maximum absolute atomic E-state index is 11.3. The van der Waals surface area contributed by atoms with Gasteiger partial charge in [-0.15, -0.1) is 0 Å². The Morgan fingerprint density at radius 2 is 1.76 bits per heavy atom. The number of hydrogen-bond donors (Lipinski definition) is 1. The zero-order valence-electron chi connectivity index (χ0n) is 11.7. The predicted octanol–water partition coefficient (Wildman–Crippen LogP) is 3.11. The molecule has 0 atom stereocenters. The highest BCUT2D eigenvalue weighted by Gasteiger charge is 2.15. The lowest BCUT2D eigenvalue weighted by Gasteiger charge is -2.19. The van der Waals surface area contributed by atoms with E-state index < -0.39 is 5.60 Å². The van der Waals surface area contributed by atoms with Crippen LogP contribution in [0.2, 0.25) is 0 Å². The Kier molecular flexibility index (Phi) is 8.86. The molecule has 0 aliphatic carbocycles. The summed E-state index contributed by atoms with van der Waals surface area (Å²) in [4.78, 5) is 11.3. The molecule has 0 fully saturated rings. The van der Waals surface area contributed by atoms with E-state index in [0.717, 1.165) is 19.4 Å². The zero-order chi connectivity index (χ0) is 13.1. The minimum Gasteiger partial charge on any atom is -0.444 e. The Hall–Kier alpha value is -0.770. The molecule has 1 N–H and O–H groups in total. The van der Waals surface area contributed by atoms with Crippen molar-refractivity contribution in [1.82, 2.24) is 5.32 Å². The van der Waals surface area contributed by atoms with Gasteiger partial charge in [0.25, 0.3) is 0 Å². The van der Waals surface area contributed by atoms with Gasteiger partial charge in [0.1, 0.15) is 5.60 Å². The van der Waals surface area contributed by atoms with Crippen LogP contribution in [-0.2, 0) is 9.47 Å². The van der Waals surface area contributed by atoms with Gasteiger partial charge in [0.05, 0.1) is 0 Å². The minimum atomic E-state index is -0.430. The summed E-state index contributed by atoms with van der Waals surface area (Å²) in [6.45, 7) is 9.84. The van der Waals surface area contributed by atoms with Gasteiger partial charge in [0.2, 0.25) is 0 Å². The van der Waals surface area contributed by atoms with Crippen LogP contribution in [0.25, 0.3) is 0 Å². The van der Waals surface area contributed by atoms with Gasteiger partial charge in [0, 0.05) is 19.8 Å². The van der Waals surface area contributed by atoms with Crippen LogP contribution in [0.15, 0.2) is 0 Å². The third kappa shape index (κ3) is 13.2. The molecule has 4 heteroatoms. The number of ether oxygens (including phenoxy) is 2. The van der Waals surface area contributed by atoms with Gasteiger partial charge >= 0.3 is 6.09 Å². The van der Waals surface area contributed by atoms with E-state index in [4.69, 9.17) is 9.47 Å². The highest BCUT2D eigenvalue weighted by atomic mass is 16.6. The van der Waals surface area contributed by atoms with E-state index in [1.165, 1.54) is 12.8 Å². The Balaban J connectivity index is 3.25. The number of hydrogen-bond acceptors (Lipinski definition) is 3. The van der Waals surface area contributed by atoms with Crippen molar-refractivity contribution < 1.29 is 14.3 Å². The average Bonchev–Trinajstić information content (AvgIpc) is 2.19. The summed E-state index contributed by atoms with van der Waals surface area (Å²) in [5.74, 6) is 0. The number of unbranched alkanes of at least 4 members (excludes halogenated alkanes) is 2. The van der Waals surface area contributed by atoms with Crippen LogP contribution in [0.1, 0.15) is 53.4 Å². The van der Waals surface area contributed by atoms with Crippen molar-refractivity contribution in [3.63, 3.8) is 0 Å². The Labute approximate surface area is 105 Å². The molecule has 0 heterocycles. The van der Waals surface area contributed by atoms with Crippen molar-refractivity contribution in [2.75, 3.05) is 19.8 Å². The van der Waals surface area contributed by atoms with Crippen LogP contribution in [0.3, 0.4) is 0 Å². The molecule has 0 saturated heterocycles. The summed E-state index contributed by atoms with van der Waals surface area (Å²) < 4.78 is 10.5. The highest BCUT2D eigenvalue weighted by Crippen LogP contribution is 2.06. The van der Waals surface area contributed by atoms with Gasteiger partial charge < -0.3 is 14.8 Å². The first kappa shape index (κ1) is 16.2. The average molecular weight is 245 g/mol. The fourth-order valence-electron chi connectivity index (χ4n) is 1.24. The molecule has 0 aliphatic heterocycles. The molecule has 17 heavy (non-hydrogen) atoms. The SMILES string of the molecule is CCCCCOCCCNC(=O)OC(C)(C)C. The van der Waals surface area contributed by atoms with Gasteiger partial charge in [-0.1, -0.05) is 19.8 Å². The van der Waals surface area contributed by atoms with Crippen LogP contribution in [-0.4, -0.2) is 31.5 Å². The Morgan fingerprint density at radius 1 is 1.12 bits per heavy atom. The van der Waals surface area contributed by atoms with Crippen molar-refractivity contribution in [3.8, 4) is 0 Å². The summed E-state index contributed by atoms with van der Waals surface area (Å²) >= 11 is 0. The molecule has 4 nitrogen and oxygen atoms in total. The van der Waals surface area contributed by atoms with Crippen LogP contribution >= 0.6 is 0 Å². The Morgan fingerprint density at radius 3 is 2.35 bits per heavy atom. The van der Waals surface area contributed by atoms with Crippen molar-refractivity contribution >= 4 is 6.09 Å². The van der Waals surface area contributed by atoms with E-state index >= 15 is 0 Å². The first-order valence-electron chi connectivity index (χ1n) is 6.50. The standard InChI is InChI=1S/C13H27NO3/c1-5-6-7-10-16-11-8-9-14-12(15)17-13(2,3)4/h5-11H2,1-4H3,(H,14,15). The van der Waals surface area contributed by atoms with E-state index in [2.05, 4.69) is 12.2 Å². The third-order valence-electron chi connectivity index (χ3n) is 2.03. The van der Waals surface area contributed by atoms with Crippen molar-refractivity contribution in [3.05, 3.63) is 0 Å². The molecular formula is C13H27NO3. The quantitative estimate of drug-likeness (QED) is 0.668. The first-order chi connectivity index (χ1) is 7.95.